The molecule has 1 saturated carbocycles. The van der Waals surface area contributed by atoms with Crippen molar-refractivity contribution in [2.24, 2.45) is 11.8 Å². The second-order valence-corrected chi connectivity index (χ2v) is 12.3. The van der Waals surface area contributed by atoms with E-state index in [-0.39, 0.29) is 6.47 Å². The molecule has 3 aliphatic rings. The highest BCUT2D eigenvalue weighted by molar-refractivity contribution is 5.32. The van der Waals surface area contributed by atoms with Crippen molar-refractivity contribution in [1.29, 1.82) is 0 Å². The van der Waals surface area contributed by atoms with Crippen LogP contribution < -0.4 is 0 Å². The Morgan fingerprint density at radius 2 is 1.64 bits per heavy atom. The van der Waals surface area contributed by atoms with Crippen LogP contribution in [0.1, 0.15) is 93.9 Å². The van der Waals surface area contributed by atoms with E-state index in [0.29, 0.717) is 0 Å². The van der Waals surface area contributed by atoms with Gasteiger partial charge in [-0.1, -0.05) is 49.6 Å². The van der Waals surface area contributed by atoms with Crippen molar-refractivity contribution in [2.45, 2.75) is 95.7 Å². The number of pyridine rings is 1. The van der Waals surface area contributed by atoms with Gasteiger partial charge in [0.15, 0.2) is 0 Å². The van der Waals surface area contributed by atoms with Crippen molar-refractivity contribution in [1.82, 2.24) is 14.8 Å². The molecule has 42 heavy (non-hydrogen) atoms. The van der Waals surface area contributed by atoms with E-state index < -0.39 is 11.7 Å². The van der Waals surface area contributed by atoms with Gasteiger partial charge in [-0.2, -0.15) is 13.2 Å². The van der Waals surface area contributed by atoms with Crippen LogP contribution in [0.5, 0.6) is 0 Å². The lowest BCUT2D eigenvalue weighted by molar-refractivity contribution is -0.137. The predicted octanol–water partition coefficient (Wildman–Crippen LogP) is 7.91. The Kier molecular flexibility index (Phi) is 14.3. The zero-order chi connectivity index (χ0) is 30.4. The maximum absolute atomic E-state index is 12.4. The molecule has 0 radical (unpaired) electrons. The Labute approximate surface area is 250 Å². The molecule has 1 aromatic heterocycles. The van der Waals surface area contributed by atoms with E-state index in [1.807, 2.05) is 0 Å². The largest absolute Gasteiger partial charge is 0.483 e. The highest BCUT2D eigenvalue weighted by Crippen LogP contribution is 2.34. The van der Waals surface area contributed by atoms with Crippen LogP contribution in [0.15, 0.2) is 48.7 Å². The number of aromatic nitrogens is 1. The molecular weight excluding hydrogens is 539 g/mol. The van der Waals surface area contributed by atoms with Crippen molar-refractivity contribution >= 4 is 6.47 Å². The first-order chi connectivity index (χ1) is 20.2. The van der Waals surface area contributed by atoms with Crippen molar-refractivity contribution in [2.75, 3.05) is 33.2 Å². The number of benzene rings is 1. The SMILES string of the molecule is CC(C1CCCCC1)N1CCC(c2ccccc2)C1.CN1CCC(CCCc2ccc(C(F)(F)F)cn2)CC1.O=CO. The van der Waals surface area contributed by atoms with Gasteiger partial charge in [0, 0.05) is 24.5 Å². The number of alkyl halides is 3. The lowest BCUT2D eigenvalue weighted by atomic mass is 9.84. The average molecular weight is 590 g/mol. The lowest BCUT2D eigenvalue weighted by Crippen LogP contribution is -2.37. The summed E-state index contributed by atoms with van der Waals surface area (Å²) in [5, 5.41) is 6.89. The molecule has 3 fully saturated rings. The smallest absolute Gasteiger partial charge is 0.417 e. The Balaban J connectivity index is 0.000000211. The molecule has 3 heterocycles. The average Bonchev–Trinajstić information content (AvgIpc) is 3.50. The van der Waals surface area contributed by atoms with E-state index in [9.17, 15) is 13.2 Å². The van der Waals surface area contributed by atoms with Crippen LogP contribution in [0, 0.1) is 11.8 Å². The molecule has 2 aromatic rings. The number of hydrogen-bond acceptors (Lipinski definition) is 4. The van der Waals surface area contributed by atoms with Gasteiger partial charge in [0.2, 0.25) is 0 Å². The first kappa shape index (κ1) is 34.0. The van der Waals surface area contributed by atoms with Crippen molar-refractivity contribution < 1.29 is 23.1 Å². The second kappa shape index (κ2) is 17.6. The fraction of sp³-hybridized carbons (Fsp3) is 0.647. The van der Waals surface area contributed by atoms with Gasteiger partial charge in [-0.3, -0.25) is 14.7 Å². The van der Waals surface area contributed by atoms with Crippen molar-refractivity contribution in [3.05, 3.63) is 65.5 Å². The molecule has 2 atom stereocenters. The fourth-order valence-corrected chi connectivity index (χ4v) is 6.73. The van der Waals surface area contributed by atoms with Crippen LogP contribution in [0.25, 0.3) is 0 Å². The molecule has 5 rings (SSSR count). The van der Waals surface area contributed by atoms with Crippen molar-refractivity contribution in [3.63, 3.8) is 0 Å². The highest BCUT2D eigenvalue weighted by atomic mass is 19.4. The van der Waals surface area contributed by atoms with E-state index in [1.165, 1.54) is 70.5 Å². The van der Waals surface area contributed by atoms with E-state index in [0.717, 1.165) is 74.1 Å². The Morgan fingerprint density at radius 1 is 0.976 bits per heavy atom. The molecule has 2 aliphatic heterocycles. The number of likely N-dealkylation sites (tertiary alicyclic amines) is 2. The summed E-state index contributed by atoms with van der Waals surface area (Å²) in [5.74, 6) is 2.50. The molecule has 5 nitrogen and oxygen atoms in total. The standard InChI is InChI=1S/C18H27N.C15H21F3N2.CH2O2/c1-15(16-8-4-2-5-9-16)19-13-12-18(14-19)17-10-6-3-7-11-17;1-20-9-7-12(8-10-20)3-2-4-14-6-5-13(11-19-14)15(16,17)18;2-1-3/h3,6-7,10-11,15-16,18H,2,4-5,8-9,12-14H2,1H3;5-6,11-12H,2-4,7-10H2,1H3;1H,(H,2,3). The van der Waals surface area contributed by atoms with Gasteiger partial charge in [0.25, 0.3) is 6.47 Å². The second-order valence-electron chi connectivity index (χ2n) is 12.3. The zero-order valence-electron chi connectivity index (χ0n) is 25.4. The molecule has 1 aliphatic carbocycles. The number of piperidine rings is 1. The molecule has 0 spiro atoms. The Bertz CT molecular complexity index is 1000. The quantitative estimate of drug-likeness (QED) is 0.333. The molecule has 0 bridgehead atoms. The van der Waals surface area contributed by atoms with E-state index in [4.69, 9.17) is 9.90 Å². The van der Waals surface area contributed by atoms with E-state index >= 15 is 0 Å². The summed E-state index contributed by atoms with van der Waals surface area (Å²) in [5.41, 5.74) is 1.63. The molecule has 234 valence electrons. The van der Waals surface area contributed by atoms with Crippen molar-refractivity contribution in [3.8, 4) is 0 Å². The van der Waals surface area contributed by atoms with Gasteiger partial charge in [0.05, 0.1) is 5.56 Å². The molecule has 1 N–H and O–H groups in total. The molecule has 2 unspecified atom stereocenters. The van der Waals surface area contributed by atoms with Gasteiger partial charge < -0.3 is 10.0 Å². The van der Waals surface area contributed by atoms with Crippen LogP contribution in [-0.2, 0) is 17.4 Å². The molecule has 2 saturated heterocycles. The maximum atomic E-state index is 12.4. The fourth-order valence-electron chi connectivity index (χ4n) is 6.73. The van der Waals surface area contributed by atoms with Gasteiger partial charge in [-0.05, 0) is 120 Å². The van der Waals surface area contributed by atoms with Crippen LogP contribution in [-0.4, -0.2) is 65.6 Å². The minimum Gasteiger partial charge on any atom is -0.483 e. The summed E-state index contributed by atoms with van der Waals surface area (Å²) in [6.45, 7) is 7.12. The lowest BCUT2D eigenvalue weighted by Gasteiger charge is -2.34. The van der Waals surface area contributed by atoms with Gasteiger partial charge >= 0.3 is 6.18 Å². The summed E-state index contributed by atoms with van der Waals surface area (Å²) in [7, 11) is 2.14. The molecule has 1 aromatic carbocycles. The summed E-state index contributed by atoms with van der Waals surface area (Å²) in [6.07, 6.45) is 10.7. The van der Waals surface area contributed by atoms with Crippen LogP contribution in [0.4, 0.5) is 13.2 Å². The zero-order valence-corrected chi connectivity index (χ0v) is 25.4. The van der Waals surface area contributed by atoms with E-state index in [1.54, 1.807) is 5.56 Å². The maximum Gasteiger partial charge on any atom is 0.417 e. The van der Waals surface area contributed by atoms with Gasteiger partial charge in [-0.15, -0.1) is 0 Å². The van der Waals surface area contributed by atoms with Crippen LogP contribution >= 0.6 is 0 Å². The number of halogens is 3. The number of rotatable bonds is 7. The summed E-state index contributed by atoms with van der Waals surface area (Å²) < 4.78 is 37.2. The topological polar surface area (TPSA) is 56.7 Å². The third kappa shape index (κ3) is 11.3. The minimum absolute atomic E-state index is 0.250. The summed E-state index contributed by atoms with van der Waals surface area (Å²) >= 11 is 0. The normalized spacial score (nSPS) is 21.5. The summed E-state index contributed by atoms with van der Waals surface area (Å²) in [4.78, 5) is 17.4. The molecule has 8 heteroatoms. The predicted molar refractivity (Wildman–Crippen MR) is 163 cm³/mol. The Hall–Kier alpha value is -2.45. The highest BCUT2D eigenvalue weighted by Gasteiger charge is 2.32. The monoisotopic (exact) mass is 589 g/mol. The van der Waals surface area contributed by atoms with Gasteiger partial charge in [-0.25, -0.2) is 0 Å². The van der Waals surface area contributed by atoms with Gasteiger partial charge in [0.1, 0.15) is 0 Å². The van der Waals surface area contributed by atoms with Crippen LogP contribution in [0.3, 0.4) is 0 Å². The van der Waals surface area contributed by atoms with E-state index in [2.05, 4.69) is 59.1 Å². The molecule has 0 amide bonds. The number of hydrogen-bond donors (Lipinski definition) is 1. The minimum atomic E-state index is -4.29. The first-order valence-electron chi connectivity index (χ1n) is 15.8. The molecular formula is C34H50F3N3O2. The first-order valence-corrected chi connectivity index (χ1v) is 15.8. The van der Waals surface area contributed by atoms with Crippen LogP contribution in [0.2, 0.25) is 0 Å². The third-order valence-electron chi connectivity index (χ3n) is 9.43. The Morgan fingerprint density at radius 3 is 2.24 bits per heavy atom. The number of carbonyl (C=O) groups is 1. The number of aryl methyl sites for hydroxylation is 1. The third-order valence-corrected chi connectivity index (χ3v) is 9.43. The summed E-state index contributed by atoms with van der Waals surface area (Å²) in [6, 6.07) is 14.5. The number of nitrogens with zero attached hydrogens (tertiary/aromatic N) is 3. The number of carboxylic acid groups (broad SMARTS) is 1.